The van der Waals surface area contributed by atoms with Gasteiger partial charge in [0.05, 0.1) is 18.0 Å². The lowest BCUT2D eigenvalue weighted by atomic mass is 10.0. The van der Waals surface area contributed by atoms with Crippen molar-refractivity contribution in [2.45, 2.75) is 12.5 Å². The van der Waals surface area contributed by atoms with E-state index in [0.717, 1.165) is 0 Å². The first-order valence-corrected chi connectivity index (χ1v) is 6.48. The predicted octanol–water partition coefficient (Wildman–Crippen LogP) is 2.08. The van der Waals surface area contributed by atoms with E-state index in [2.05, 4.69) is 15.3 Å². The summed E-state index contributed by atoms with van der Waals surface area (Å²) in [5, 5.41) is 12.0. The average molecular weight is 306 g/mol. The summed E-state index contributed by atoms with van der Waals surface area (Å²) < 4.78 is 0. The molecule has 1 heterocycles. The molecule has 1 aromatic heterocycles. The van der Waals surface area contributed by atoms with Crippen LogP contribution in [0.1, 0.15) is 28.4 Å². The molecular weight excluding hydrogens is 294 g/mol. The van der Waals surface area contributed by atoms with E-state index in [1.807, 2.05) is 0 Å². The van der Waals surface area contributed by atoms with Gasteiger partial charge in [0.2, 0.25) is 0 Å². The van der Waals surface area contributed by atoms with Gasteiger partial charge in [-0.2, -0.15) is 0 Å². The van der Waals surface area contributed by atoms with Crippen LogP contribution in [0, 0.1) is 0 Å². The molecule has 2 N–H and O–H groups in total. The second kappa shape index (κ2) is 6.81. The number of hydrogen-bond donors (Lipinski definition) is 2. The lowest BCUT2D eigenvalue weighted by Crippen LogP contribution is -2.30. The maximum atomic E-state index is 12.1. The van der Waals surface area contributed by atoms with Crippen LogP contribution in [0.5, 0.6) is 0 Å². The van der Waals surface area contributed by atoms with E-state index in [-0.39, 0.29) is 12.0 Å². The van der Waals surface area contributed by atoms with Crippen molar-refractivity contribution in [3.63, 3.8) is 0 Å². The molecule has 6 nitrogen and oxygen atoms in total. The van der Waals surface area contributed by atoms with Crippen LogP contribution in [0.25, 0.3) is 0 Å². The van der Waals surface area contributed by atoms with Crippen LogP contribution < -0.4 is 5.32 Å². The zero-order chi connectivity index (χ0) is 15.2. The third-order valence-electron chi connectivity index (χ3n) is 2.79. The summed E-state index contributed by atoms with van der Waals surface area (Å²) in [6, 6.07) is 6.05. The zero-order valence-corrected chi connectivity index (χ0v) is 11.6. The first-order chi connectivity index (χ1) is 10.1. The van der Waals surface area contributed by atoms with Crippen molar-refractivity contribution in [2.75, 3.05) is 0 Å². The molecule has 0 spiro atoms. The third-order valence-corrected chi connectivity index (χ3v) is 3.13. The highest BCUT2D eigenvalue weighted by atomic mass is 35.5. The SMILES string of the molecule is O=C(O)C[C@H](NC(=O)c1cncnc1)c1ccccc1Cl. The number of nitrogens with zero attached hydrogens (tertiary/aromatic N) is 2. The van der Waals surface area contributed by atoms with Gasteiger partial charge in [-0.1, -0.05) is 29.8 Å². The van der Waals surface area contributed by atoms with Crippen molar-refractivity contribution in [3.8, 4) is 0 Å². The molecule has 7 heteroatoms. The summed E-state index contributed by atoms with van der Waals surface area (Å²) in [5.41, 5.74) is 0.798. The Morgan fingerprint density at radius 3 is 2.52 bits per heavy atom. The molecule has 2 rings (SSSR count). The summed E-state index contributed by atoms with van der Waals surface area (Å²) in [6.45, 7) is 0. The Labute approximate surface area is 125 Å². The van der Waals surface area contributed by atoms with Crippen molar-refractivity contribution < 1.29 is 14.7 Å². The van der Waals surface area contributed by atoms with Gasteiger partial charge in [-0.25, -0.2) is 9.97 Å². The highest BCUT2D eigenvalue weighted by Crippen LogP contribution is 2.25. The van der Waals surface area contributed by atoms with Crippen LogP contribution in [-0.2, 0) is 4.79 Å². The fourth-order valence-electron chi connectivity index (χ4n) is 1.83. The fraction of sp³-hybridized carbons (Fsp3) is 0.143. The first kappa shape index (κ1) is 14.9. The average Bonchev–Trinajstić information content (AvgIpc) is 2.47. The molecule has 0 radical (unpaired) electrons. The molecule has 0 aliphatic rings. The van der Waals surface area contributed by atoms with Crippen LogP contribution in [0.15, 0.2) is 43.0 Å². The number of halogens is 1. The summed E-state index contributed by atoms with van der Waals surface area (Å²) in [4.78, 5) is 30.6. The van der Waals surface area contributed by atoms with Crippen molar-refractivity contribution in [3.05, 3.63) is 59.1 Å². The Hall–Kier alpha value is -2.47. The number of benzene rings is 1. The summed E-state index contributed by atoms with van der Waals surface area (Å²) >= 11 is 6.06. The summed E-state index contributed by atoms with van der Waals surface area (Å²) in [7, 11) is 0. The molecule has 2 aromatic rings. The number of aromatic nitrogens is 2. The highest BCUT2D eigenvalue weighted by Gasteiger charge is 2.21. The van der Waals surface area contributed by atoms with Gasteiger partial charge in [0.15, 0.2) is 0 Å². The number of carboxylic acids is 1. The number of rotatable bonds is 5. The summed E-state index contributed by atoms with van der Waals surface area (Å²) in [6.07, 6.45) is 3.74. The molecule has 0 fully saturated rings. The van der Waals surface area contributed by atoms with Gasteiger partial charge in [0.25, 0.3) is 5.91 Å². The van der Waals surface area contributed by atoms with Crippen LogP contribution in [0.2, 0.25) is 5.02 Å². The van der Waals surface area contributed by atoms with E-state index < -0.39 is 17.9 Å². The number of carbonyl (C=O) groups excluding carboxylic acids is 1. The molecule has 108 valence electrons. The molecule has 0 aliphatic carbocycles. The molecule has 0 saturated heterocycles. The third kappa shape index (κ3) is 4.00. The Morgan fingerprint density at radius 2 is 1.90 bits per heavy atom. The number of aliphatic carboxylic acids is 1. The van der Waals surface area contributed by atoms with Crippen LogP contribution in [-0.4, -0.2) is 27.0 Å². The van der Waals surface area contributed by atoms with E-state index >= 15 is 0 Å². The highest BCUT2D eigenvalue weighted by molar-refractivity contribution is 6.31. The van der Waals surface area contributed by atoms with E-state index in [1.165, 1.54) is 18.7 Å². The van der Waals surface area contributed by atoms with Crippen molar-refractivity contribution in [1.29, 1.82) is 0 Å². The van der Waals surface area contributed by atoms with Crippen LogP contribution in [0.4, 0.5) is 0 Å². The number of carbonyl (C=O) groups is 2. The minimum absolute atomic E-state index is 0.250. The number of amides is 1. The topological polar surface area (TPSA) is 92.2 Å². The molecule has 1 aromatic carbocycles. The molecule has 0 aliphatic heterocycles. The standard InChI is InChI=1S/C14H12ClN3O3/c15-11-4-2-1-3-10(11)12(5-13(19)20)18-14(21)9-6-16-8-17-7-9/h1-4,6-8,12H,5H2,(H,18,21)(H,19,20)/t12-/m0/s1. The minimum Gasteiger partial charge on any atom is -0.481 e. The number of carboxylic acid groups (broad SMARTS) is 1. The molecule has 1 atom stereocenters. The van der Waals surface area contributed by atoms with Gasteiger partial charge in [-0.3, -0.25) is 9.59 Å². The monoisotopic (exact) mass is 305 g/mol. The van der Waals surface area contributed by atoms with Crippen molar-refractivity contribution in [1.82, 2.24) is 15.3 Å². The predicted molar refractivity (Wildman–Crippen MR) is 75.9 cm³/mol. The van der Waals surface area contributed by atoms with Crippen LogP contribution in [0.3, 0.4) is 0 Å². The molecule has 0 saturated carbocycles. The molecule has 0 bridgehead atoms. The largest absolute Gasteiger partial charge is 0.481 e. The van der Waals surface area contributed by atoms with Crippen molar-refractivity contribution >= 4 is 23.5 Å². The second-order valence-electron chi connectivity index (χ2n) is 4.27. The molecule has 21 heavy (non-hydrogen) atoms. The normalized spacial score (nSPS) is 11.7. The molecule has 0 unspecified atom stereocenters. The van der Waals surface area contributed by atoms with Gasteiger partial charge in [-0.05, 0) is 11.6 Å². The van der Waals surface area contributed by atoms with E-state index in [4.69, 9.17) is 16.7 Å². The van der Waals surface area contributed by atoms with Gasteiger partial charge in [0.1, 0.15) is 6.33 Å². The van der Waals surface area contributed by atoms with E-state index in [9.17, 15) is 9.59 Å². The second-order valence-corrected chi connectivity index (χ2v) is 4.68. The van der Waals surface area contributed by atoms with Crippen molar-refractivity contribution in [2.24, 2.45) is 0 Å². The van der Waals surface area contributed by atoms with E-state index in [0.29, 0.717) is 10.6 Å². The Morgan fingerprint density at radius 1 is 1.24 bits per heavy atom. The smallest absolute Gasteiger partial charge is 0.305 e. The van der Waals surface area contributed by atoms with E-state index in [1.54, 1.807) is 24.3 Å². The van der Waals surface area contributed by atoms with Gasteiger partial charge < -0.3 is 10.4 Å². The lowest BCUT2D eigenvalue weighted by molar-refractivity contribution is -0.137. The quantitative estimate of drug-likeness (QED) is 0.882. The maximum absolute atomic E-state index is 12.1. The Kier molecular flexibility index (Phi) is 4.84. The number of nitrogens with one attached hydrogen (secondary N) is 1. The fourth-order valence-corrected chi connectivity index (χ4v) is 2.10. The molecular formula is C14H12ClN3O3. The van der Waals surface area contributed by atoms with Gasteiger partial charge in [-0.15, -0.1) is 0 Å². The number of hydrogen-bond acceptors (Lipinski definition) is 4. The molecule has 1 amide bonds. The Bertz CT molecular complexity index is 649. The summed E-state index contributed by atoms with van der Waals surface area (Å²) in [5.74, 6) is -1.49. The first-order valence-electron chi connectivity index (χ1n) is 6.10. The van der Waals surface area contributed by atoms with Gasteiger partial charge in [0, 0.05) is 17.4 Å². The Balaban J connectivity index is 2.23. The maximum Gasteiger partial charge on any atom is 0.305 e. The van der Waals surface area contributed by atoms with Crippen LogP contribution >= 0.6 is 11.6 Å². The van der Waals surface area contributed by atoms with Gasteiger partial charge >= 0.3 is 5.97 Å². The minimum atomic E-state index is -1.04. The zero-order valence-electron chi connectivity index (χ0n) is 10.9. The lowest BCUT2D eigenvalue weighted by Gasteiger charge is -2.18.